The molecule has 0 spiro atoms. The van der Waals surface area contributed by atoms with Crippen molar-refractivity contribution >= 4 is 30.7 Å². The Morgan fingerprint density at radius 2 is 2.14 bits per heavy atom. The van der Waals surface area contributed by atoms with Crippen LogP contribution in [-0.4, -0.2) is 30.5 Å². The van der Waals surface area contributed by atoms with E-state index in [1.807, 2.05) is 25.1 Å². The smallest absolute Gasteiger partial charge is 0.253 e. The third kappa shape index (κ3) is 4.00. The minimum Gasteiger partial charge on any atom is -0.463 e. The molecule has 1 saturated heterocycles. The Bertz CT molecular complexity index is 613. The van der Waals surface area contributed by atoms with Crippen molar-refractivity contribution in [2.75, 3.05) is 19.6 Å². The van der Waals surface area contributed by atoms with E-state index in [1.165, 1.54) is 0 Å². The number of aryl methyl sites for hydroxylation is 1. The van der Waals surface area contributed by atoms with Gasteiger partial charge in [0.05, 0.1) is 17.5 Å². The summed E-state index contributed by atoms with van der Waals surface area (Å²) >= 11 is 0. The molecule has 2 aromatic heterocycles. The number of hydrogen-bond acceptors (Lipinski definition) is 4. The first-order valence-electron chi connectivity index (χ1n) is 6.74. The molecule has 1 aliphatic heterocycles. The first-order valence-corrected chi connectivity index (χ1v) is 6.74. The van der Waals surface area contributed by atoms with Crippen LogP contribution in [0.5, 0.6) is 0 Å². The van der Waals surface area contributed by atoms with Crippen molar-refractivity contribution in [1.29, 1.82) is 0 Å². The topological polar surface area (TPSA) is 67.2 Å². The van der Waals surface area contributed by atoms with Crippen molar-refractivity contribution in [3.05, 3.63) is 41.8 Å². The molecule has 3 rings (SSSR count). The van der Waals surface area contributed by atoms with Gasteiger partial charge in [-0.2, -0.15) is 0 Å². The Balaban J connectivity index is 0.00000121. The maximum absolute atomic E-state index is 12.1. The predicted octanol–water partition coefficient (Wildman–Crippen LogP) is 2.44. The summed E-state index contributed by atoms with van der Waals surface area (Å²) in [7, 11) is 0. The fraction of sp³-hybridized carbons (Fsp3) is 0.333. The van der Waals surface area contributed by atoms with E-state index in [2.05, 4.69) is 15.6 Å². The van der Waals surface area contributed by atoms with Gasteiger partial charge in [-0.25, -0.2) is 4.98 Å². The Kier molecular flexibility index (Phi) is 6.87. The Morgan fingerprint density at radius 3 is 2.68 bits per heavy atom. The molecule has 0 atom stereocenters. The van der Waals surface area contributed by atoms with Gasteiger partial charge in [0.25, 0.3) is 5.91 Å². The number of aromatic nitrogens is 1. The van der Waals surface area contributed by atoms with Crippen molar-refractivity contribution in [2.45, 2.75) is 6.92 Å². The predicted molar refractivity (Wildman–Crippen MR) is 89.9 cm³/mol. The highest BCUT2D eigenvalue weighted by atomic mass is 35.5. The molecule has 2 N–H and O–H groups in total. The van der Waals surface area contributed by atoms with Crippen LogP contribution in [0.25, 0.3) is 11.5 Å². The van der Waals surface area contributed by atoms with Gasteiger partial charge in [0, 0.05) is 25.6 Å². The van der Waals surface area contributed by atoms with Gasteiger partial charge >= 0.3 is 0 Å². The summed E-state index contributed by atoms with van der Waals surface area (Å²) in [4.78, 5) is 16.5. The largest absolute Gasteiger partial charge is 0.463 e. The maximum atomic E-state index is 12.1. The molecule has 22 heavy (non-hydrogen) atoms. The van der Waals surface area contributed by atoms with Crippen molar-refractivity contribution in [2.24, 2.45) is 5.92 Å². The van der Waals surface area contributed by atoms with Gasteiger partial charge in [0.2, 0.25) is 0 Å². The molecule has 0 bridgehead atoms. The summed E-state index contributed by atoms with van der Waals surface area (Å²) < 4.78 is 5.31. The molecule has 0 aromatic carbocycles. The molecule has 1 amide bonds. The van der Waals surface area contributed by atoms with Crippen LogP contribution in [0.15, 0.2) is 34.9 Å². The maximum Gasteiger partial charge on any atom is 0.253 e. The standard InChI is InChI=1S/C15H17N3O2.2ClH/c1-10-12(15(19)17-9-11-7-16-8-11)4-5-13(18-10)14-3-2-6-20-14;;/h2-6,11,16H,7-9H2,1H3,(H,17,19);2*1H. The van der Waals surface area contributed by atoms with Gasteiger partial charge in [-0.1, -0.05) is 0 Å². The van der Waals surface area contributed by atoms with E-state index in [1.54, 1.807) is 12.3 Å². The molecule has 1 aliphatic rings. The van der Waals surface area contributed by atoms with Crippen molar-refractivity contribution < 1.29 is 9.21 Å². The lowest BCUT2D eigenvalue weighted by Gasteiger charge is -2.27. The van der Waals surface area contributed by atoms with E-state index < -0.39 is 0 Å². The van der Waals surface area contributed by atoms with Crippen molar-refractivity contribution in [3.63, 3.8) is 0 Å². The molecule has 0 aliphatic carbocycles. The van der Waals surface area contributed by atoms with Gasteiger partial charge in [0.15, 0.2) is 5.76 Å². The number of carbonyl (C=O) groups is 1. The second-order valence-electron chi connectivity index (χ2n) is 5.04. The van der Waals surface area contributed by atoms with Crippen LogP contribution >= 0.6 is 24.8 Å². The highest BCUT2D eigenvalue weighted by molar-refractivity contribution is 5.95. The molecule has 3 heterocycles. The summed E-state index contributed by atoms with van der Waals surface area (Å²) in [5.41, 5.74) is 2.07. The fourth-order valence-electron chi connectivity index (χ4n) is 2.19. The minimum atomic E-state index is -0.0621. The summed E-state index contributed by atoms with van der Waals surface area (Å²) in [5.74, 6) is 1.20. The summed E-state index contributed by atoms with van der Waals surface area (Å²) in [6.45, 7) is 4.52. The van der Waals surface area contributed by atoms with E-state index in [4.69, 9.17) is 4.42 Å². The Hall–Kier alpha value is -1.56. The molecule has 7 heteroatoms. The SMILES string of the molecule is Cc1nc(-c2ccco2)ccc1C(=O)NCC1CNC1.Cl.Cl. The highest BCUT2D eigenvalue weighted by Crippen LogP contribution is 2.19. The van der Waals surface area contributed by atoms with E-state index in [0.717, 1.165) is 18.8 Å². The average molecular weight is 344 g/mol. The summed E-state index contributed by atoms with van der Waals surface area (Å²) in [6.07, 6.45) is 1.61. The van der Waals surface area contributed by atoms with Gasteiger partial charge in [0.1, 0.15) is 5.69 Å². The van der Waals surface area contributed by atoms with Crippen LogP contribution in [-0.2, 0) is 0 Å². The van der Waals surface area contributed by atoms with Gasteiger partial charge in [-0.05, 0) is 31.2 Å². The van der Waals surface area contributed by atoms with Crippen LogP contribution in [0.3, 0.4) is 0 Å². The number of furan rings is 1. The lowest BCUT2D eigenvalue weighted by Crippen LogP contribution is -2.48. The van der Waals surface area contributed by atoms with Crippen molar-refractivity contribution in [1.82, 2.24) is 15.6 Å². The number of hydrogen-bond donors (Lipinski definition) is 2. The molecular formula is C15H19Cl2N3O2. The third-order valence-corrected chi connectivity index (χ3v) is 3.52. The number of pyridine rings is 1. The summed E-state index contributed by atoms with van der Waals surface area (Å²) in [5, 5.41) is 6.14. The normalized spacial score (nSPS) is 13.5. The van der Waals surface area contributed by atoms with E-state index in [9.17, 15) is 4.79 Å². The Labute approximate surface area is 141 Å². The van der Waals surface area contributed by atoms with Crippen LogP contribution in [0.4, 0.5) is 0 Å². The zero-order valence-electron chi connectivity index (χ0n) is 12.2. The number of nitrogens with one attached hydrogen (secondary N) is 2. The molecule has 0 radical (unpaired) electrons. The zero-order valence-corrected chi connectivity index (χ0v) is 13.8. The van der Waals surface area contributed by atoms with E-state index in [0.29, 0.717) is 29.5 Å². The Morgan fingerprint density at radius 1 is 1.36 bits per heavy atom. The summed E-state index contributed by atoms with van der Waals surface area (Å²) in [6, 6.07) is 7.28. The van der Waals surface area contributed by atoms with Crippen molar-refractivity contribution in [3.8, 4) is 11.5 Å². The number of halogens is 2. The lowest BCUT2D eigenvalue weighted by atomic mass is 10.0. The molecule has 5 nitrogen and oxygen atoms in total. The monoisotopic (exact) mass is 343 g/mol. The molecule has 0 unspecified atom stereocenters. The second kappa shape index (κ2) is 8.17. The van der Waals surface area contributed by atoms with E-state index in [-0.39, 0.29) is 30.7 Å². The lowest BCUT2D eigenvalue weighted by molar-refractivity contribution is 0.0941. The quantitative estimate of drug-likeness (QED) is 0.894. The fourth-order valence-corrected chi connectivity index (χ4v) is 2.19. The molecule has 2 aromatic rings. The van der Waals surface area contributed by atoms with Crippen LogP contribution in [0, 0.1) is 12.8 Å². The van der Waals surface area contributed by atoms with Crippen LogP contribution in [0.2, 0.25) is 0 Å². The van der Waals surface area contributed by atoms with Gasteiger partial charge < -0.3 is 15.1 Å². The van der Waals surface area contributed by atoms with Gasteiger partial charge in [-0.3, -0.25) is 4.79 Å². The average Bonchev–Trinajstić information content (AvgIpc) is 2.90. The number of nitrogens with zero attached hydrogens (tertiary/aromatic N) is 1. The van der Waals surface area contributed by atoms with Gasteiger partial charge in [-0.15, -0.1) is 24.8 Å². The number of carbonyl (C=O) groups excluding carboxylic acids is 1. The first kappa shape index (κ1) is 18.5. The first-order chi connectivity index (χ1) is 9.74. The molecule has 0 saturated carbocycles. The third-order valence-electron chi connectivity index (χ3n) is 3.52. The molecule has 1 fully saturated rings. The van der Waals surface area contributed by atoms with Crippen LogP contribution in [0.1, 0.15) is 16.1 Å². The number of amides is 1. The minimum absolute atomic E-state index is 0. The molecular weight excluding hydrogens is 325 g/mol. The second-order valence-corrected chi connectivity index (χ2v) is 5.04. The molecule has 120 valence electrons. The van der Waals surface area contributed by atoms with E-state index >= 15 is 0 Å². The number of rotatable bonds is 4. The van der Waals surface area contributed by atoms with Crippen LogP contribution < -0.4 is 10.6 Å². The highest BCUT2D eigenvalue weighted by Gasteiger charge is 2.18. The zero-order chi connectivity index (χ0) is 13.9.